The highest BCUT2D eigenvalue weighted by Gasteiger charge is 2.20. The molecule has 2 heterocycles. The Morgan fingerprint density at radius 3 is 2.75 bits per heavy atom. The van der Waals surface area contributed by atoms with Crippen molar-refractivity contribution >= 4 is 23.2 Å². The minimum absolute atomic E-state index is 0.0406. The molecule has 0 radical (unpaired) electrons. The first-order valence-corrected chi connectivity index (χ1v) is 9.44. The number of hydrogen-bond acceptors (Lipinski definition) is 4. The van der Waals surface area contributed by atoms with Crippen LogP contribution in [-0.4, -0.2) is 28.5 Å². The molecule has 28 heavy (non-hydrogen) atoms. The first-order valence-electron chi connectivity index (χ1n) is 8.69. The molecule has 5 nitrogen and oxygen atoms in total. The fourth-order valence-corrected chi connectivity index (χ4v) is 3.45. The molecule has 0 saturated carbocycles. The molecule has 0 saturated heterocycles. The van der Waals surface area contributed by atoms with E-state index in [4.69, 9.17) is 32.7 Å². The lowest BCUT2D eigenvalue weighted by molar-refractivity contribution is 0.183. The van der Waals surface area contributed by atoms with Crippen molar-refractivity contribution in [2.75, 3.05) is 13.7 Å². The minimum atomic E-state index is -0.559. The molecule has 1 aromatic carbocycles. The Kier molecular flexibility index (Phi) is 6.54. The summed E-state index contributed by atoms with van der Waals surface area (Å²) in [5, 5.41) is 4.62. The highest BCUT2D eigenvalue weighted by atomic mass is 35.5. The highest BCUT2D eigenvalue weighted by Crippen LogP contribution is 2.36. The molecule has 3 rings (SSSR count). The maximum atomic E-state index is 13.8. The van der Waals surface area contributed by atoms with E-state index < -0.39 is 11.9 Å². The second-order valence-electron chi connectivity index (χ2n) is 6.31. The molecular formula is C20H20Cl2FN3O2. The lowest BCUT2D eigenvalue weighted by Gasteiger charge is -2.19. The van der Waals surface area contributed by atoms with Crippen molar-refractivity contribution in [3.8, 4) is 16.9 Å². The molecule has 0 fully saturated rings. The van der Waals surface area contributed by atoms with Crippen LogP contribution in [0.5, 0.6) is 5.75 Å². The lowest BCUT2D eigenvalue weighted by Crippen LogP contribution is -2.07. The summed E-state index contributed by atoms with van der Waals surface area (Å²) in [5.41, 5.74) is 2.86. The number of rotatable bonds is 7. The predicted octanol–water partition coefficient (Wildman–Crippen LogP) is 5.49. The number of ether oxygens (including phenoxy) is 2. The molecule has 8 heteroatoms. The molecule has 1 unspecified atom stereocenters. The molecule has 0 bridgehead atoms. The van der Waals surface area contributed by atoms with Crippen molar-refractivity contribution < 1.29 is 13.9 Å². The summed E-state index contributed by atoms with van der Waals surface area (Å²) >= 11 is 12.3. The van der Waals surface area contributed by atoms with Crippen LogP contribution in [0, 0.1) is 12.7 Å². The fraction of sp³-hybridized carbons (Fsp3) is 0.300. The van der Waals surface area contributed by atoms with Crippen LogP contribution in [0.2, 0.25) is 10.0 Å². The molecule has 0 amide bonds. The number of halogens is 3. The Morgan fingerprint density at radius 1 is 1.21 bits per heavy atom. The maximum absolute atomic E-state index is 13.8. The Morgan fingerprint density at radius 2 is 2.00 bits per heavy atom. The standard InChI is InChI=1S/C20H20Cl2FN3O2/c1-12-18(28-13(2)19-16(21)4-5-17(23)20(19)22)8-14(9-24-12)15-10-25-26(11-15)6-7-27-3/h4-5,8-11,13H,6-7H2,1-3H3. The van der Waals surface area contributed by atoms with Gasteiger partial charge in [0.2, 0.25) is 0 Å². The number of methoxy groups -OCH3 is 1. The van der Waals surface area contributed by atoms with Crippen LogP contribution in [0.25, 0.3) is 11.1 Å². The maximum Gasteiger partial charge on any atom is 0.142 e. The Labute approximate surface area is 173 Å². The molecule has 0 spiro atoms. The van der Waals surface area contributed by atoms with E-state index in [2.05, 4.69) is 10.1 Å². The number of benzene rings is 1. The number of aryl methyl sites for hydroxylation is 1. The number of hydrogen-bond donors (Lipinski definition) is 0. The molecule has 0 N–H and O–H groups in total. The molecule has 0 aliphatic rings. The van der Waals surface area contributed by atoms with Gasteiger partial charge in [-0.3, -0.25) is 9.67 Å². The van der Waals surface area contributed by atoms with Gasteiger partial charge in [-0.2, -0.15) is 5.10 Å². The van der Waals surface area contributed by atoms with Crippen molar-refractivity contribution in [1.29, 1.82) is 0 Å². The zero-order chi connectivity index (χ0) is 20.3. The first-order chi connectivity index (χ1) is 13.4. The van der Waals surface area contributed by atoms with Crippen LogP contribution in [0.1, 0.15) is 24.3 Å². The van der Waals surface area contributed by atoms with E-state index in [0.717, 1.165) is 11.1 Å². The minimum Gasteiger partial charge on any atom is -0.484 e. The van der Waals surface area contributed by atoms with Crippen molar-refractivity contribution in [1.82, 2.24) is 14.8 Å². The average Bonchev–Trinajstić information content (AvgIpc) is 3.14. The van der Waals surface area contributed by atoms with Crippen molar-refractivity contribution in [3.05, 3.63) is 63.9 Å². The van der Waals surface area contributed by atoms with E-state index in [9.17, 15) is 4.39 Å². The van der Waals surface area contributed by atoms with Crippen LogP contribution >= 0.6 is 23.2 Å². The average molecular weight is 424 g/mol. The summed E-state index contributed by atoms with van der Waals surface area (Å²) < 4.78 is 26.7. The van der Waals surface area contributed by atoms with Crippen LogP contribution in [0.15, 0.2) is 36.8 Å². The van der Waals surface area contributed by atoms with Gasteiger partial charge in [-0.1, -0.05) is 23.2 Å². The van der Waals surface area contributed by atoms with Gasteiger partial charge in [-0.25, -0.2) is 4.39 Å². The lowest BCUT2D eigenvalue weighted by atomic mass is 10.1. The van der Waals surface area contributed by atoms with Crippen molar-refractivity contribution in [3.63, 3.8) is 0 Å². The van der Waals surface area contributed by atoms with E-state index in [1.54, 1.807) is 31.1 Å². The Hall–Kier alpha value is -2.15. The molecule has 2 aromatic heterocycles. The monoisotopic (exact) mass is 423 g/mol. The van der Waals surface area contributed by atoms with Gasteiger partial charge in [-0.15, -0.1) is 0 Å². The summed E-state index contributed by atoms with van der Waals surface area (Å²) in [6.45, 7) is 4.84. The van der Waals surface area contributed by atoms with Gasteiger partial charge >= 0.3 is 0 Å². The largest absolute Gasteiger partial charge is 0.484 e. The second kappa shape index (κ2) is 8.90. The van der Waals surface area contributed by atoms with Gasteiger partial charge in [0, 0.05) is 41.2 Å². The van der Waals surface area contributed by atoms with Gasteiger partial charge in [0.05, 0.1) is 30.1 Å². The number of pyridine rings is 1. The summed E-state index contributed by atoms with van der Waals surface area (Å²) in [5.74, 6) is 0.0228. The van der Waals surface area contributed by atoms with E-state index in [-0.39, 0.29) is 5.02 Å². The van der Waals surface area contributed by atoms with Gasteiger partial charge < -0.3 is 9.47 Å². The zero-order valence-electron chi connectivity index (χ0n) is 15.7. The third-order valence-electron chi connectivity index (χ3n) is 4.32. The molecule has 3 aromatic rings. The quantitative estimate of drug-likeness (QED) is 0.471. The fourth-order valence-electron chi connectivity index (χ4n) is 2.77. The molecule has 0 aliphatic carbocycles. The van der Waals surface area contributed by atoms with Crippen molar-refractivity contribution in [2.45, 2.75) is 26.5 Å². The molecule has 1 atom stereocenters. The smallest absolute Gasteiger partial charge is 0.142 e. The van der Waals surface area contributed by atoms with Crippen LogP contribution in [0.3, 0.4) is 0 Å². The Bertz CT molecular complexity index is 978. The van der Waals surface area contributed by atoms with E-state index in [0.29, 0.717) is 35.2 Å². The summed E-state index contributed by atoms with van der Waals surface area (Å²) in [6.07, 6.45) is 4.87. The number of aromatic nitrogens is 3. The number of nitrogens with zero attached hydrogens (tertiary/aromatic N) is 3. The van der Waals surface area contributed by atoms with Crippen molar-refractivity contribution in [2.24, 2.45) is 0 Å². The molecule has 148 valence electrons. The second-order valence-corrected chi connectivity index (χ2v) is 7.09. The SMILES string of the molecule is COCCn1cc(-c2cnc(C)c(OC(C)c3c(Cl)ccc(F)c3Cl)c2)cn1. The third-order valence-corrected chi connectivity index (χ3v) is 5.03. The predicted molar refractivity (Wildman–Crippen MR) is 108 cm³/mol. The van der Waals surface area contributed by atoms with Crippen LogP contribution in [0.4, 0.5) is 4.39 Å². The van der Waals surface area contributed by atoms with E-state index in [1.165, 1.54) is 12.1 Å². The van der Waals surface area contributed by atoms with E-state index in [1.807, 2.05) is 19.2 Å². The van der Waals surface area contributed by atoms with Gasteiger partial charge in [-0.05, 0) is 32.0 Å². The third kappa shape index (κ3) is 4.46. The summed E-state index contributed by atoms with van der Waals surface area (Å²) in [7, 11) is 1.65. The summed E-state index contributed by atoms with van der Waals surface area (Å²) in [4.78, 5) is 4.41. The van der Waals surface area contributed by atoms with Gasteiger partial charge in [0.1, 0.15) is 17.7 Å². The van der Waals surface area contributed by atoms with Gasteiger partial charge in [0.25, 0.3) is 0 Å². The van der Waals surface area contributed by atoms with E-state index >= 15 is 0 Å². The van der Waals surface area contributed by atoms with Crippen LogP contribution in [-0.2, 0) is 11.3 Å². The highest BCUT2D eigenvalue weighted by molar-refractivity contribution is 6.36. The van der Waals surface area contributed by atoms with Crippen LogP contribution < -0.4 is 4.74 Å². The normalized spacial score (nSPS) is 12.2. The zero-order valence-corrected chi connectivity index (χ0v) is 17.3. The summed E-state index contributed by atoms with van der Waals surface area (Å²) in [6, 6.07) is 4.57. The molecular weight excluding hydrogens is 404 g/mol. The molecule has 0 aliphatic heterocycles. The topological polar surface area (TPSA) is 49.2 Å². The first kappa shape index (κ1) is 20.6. The van der Waals surface area contributed by atoms with Gasteiger partial charge in [0.15, 0.2) is 0 Å². The Balaban J connectivity index is 1.86.